The first-order chi connectivity index (χ1) is 9.78. The molecule has 7 nitrogen and oxygen atoms in total. The normalized spacial score (nSPS) is 13.6. The lowest BCUT2D eigenvalue weighted by molar-refractivity contribution is -0.170. The fourth-order valence-electron chi connectivity index (χ4n) is 1.17. The van der Waals surface area contributed by atoms with Crippen LogP contribution in [0.3, 0.4) is 0 Å². The maximum absolute atomic E-state index is 13.0. The number of hydrogen-bond acceptors (Lipinski definition) is 6. The molecule has 10 heteroatoms. The summed E-state index contributed by atoms with van der Waals surface area (Å²) in [6.07, 6.45) is -1.50. The zero-order chi connectivity index (χ0) is 17.7. The van der Waals surface area contributed by atoms with Crippen LogP contribution in [0.4, 0.5) is 8.78 Å². The molecule has 0 aliphatic rings. The highest BCUT2D eigenvalue weighted by Crippen LogP contribution is 2.21. The van der Waals surface area contributed by atoms with Crippen LogP contribution in [0.25, 0.3) is 0 Å². The quantitative estimate of drug-likeness (QED) is 0.404. The van der Waals surface area contributed by atoms with Gasteiger partial charge < -0.3 is 9.47 Å². The number of alkyl halides is 2. The Hall–Kier alpha value is -1.55. The van der Waals surface area contributed by atoms with E-state index in [1.807, 2.05) is 0 Å². The predicted octanol–water partition coefficient (Wildman–Crippen LogP) is 1.54. The molecule has 0 amide bonds. The van der Waals surface area contributed by atoms with Crippen LogP contribution in [0.5, 0.6) is 0 Å². The molecule has 22 heavy (non-hydrogen) atoms. The molecule has 0 heterocycles. The monoisotopic (exact) mass is 344 g/mol. The molecule has 1 unspecified atom stereocenters. The summed E-state index contributed by atoms with van der Waals surface area (Å²) in [6.45, 7) is 6.11. The van der Waals surface area contributed by atoms with Gasteiger partial charge in [-0.3, -0.25) is 4.55 Å². The summed E-state index contributed by atoms with van der Waals surface area (Å²) in [4.78, 5) is 23.1. The molecule has 0 radical (unpaired) electrons. The third kappa shape index (κ3) is 6.48. The van der Waals surface area contributed by atoms with Crippen LogP contribution >= 0.6 is 0 Å². The number of carbonyl (C=O) groups is 2. The summed E-state index contributed by atoms with van der Waals surface area (Å²) in [5, 5.41) is -4.65. The Labute approximate surface area is 127 Å². The third-order valence-electron chi connectivity index (χ3n) is 2.31. The first-order valence-electron chi connectivity index (χ1n) is 6.16. The summed E-state index contributed by atoms with van der Waals surface area (Å²) in [7, 11) is -5.72. The number of halogens is 2. The molecule has 0 aliphatic heterocycles. The van der Waals surface area contributed by atoms with Crippen molar-refractivity contribution in [1.82, 2.24) is 0 Å². The molecule has 0 spiro atoms. The van der Waals surface area contributed by atoms with E-state index in [1.165, 1.54) is 6.92 Å². The van der Waals surface area contributed by atoms with E-state index in [4.69, 9.17) is 9.29 Å². The molecule has 0 aliphatic carbocycles. The molecule has 0 fully saturated rings. The van der Waals surface area contributed by atoms with Crippen molar-refractivity contribution in [2.45, 2.75) is 38.6 Å². The van der Waals surface area contributed by atoms with E-state index in [0.29, 0.717) is 0 Å². The Bertz CT molecular complexity index is 540. The molecule has 0 rings (SSSR count). The molecular formula is C12H18F2O7S. The number of esters is 2. The molecule has 0 saturated heterocycles. The molecular weight excluding hydrogens is 326 g/mol. The fourth-order valence-corrected chi connectivity index (χ4v) is 1.38. The van der Waals surface area contributed by atoms with Gasteiger partial charge in [0.25, 0.3) is 0 Å². The van der Waals surface area contributed by atoms with Gasteiger partial charge in [-0.05, 0) is 19.3 Å². The Balaban J connectivity index is 4.92. The van der Waals surface area contributed by atoms with Crippen LogP contribution in [0.2, 0.25) is 0 Å². The molecule has 1 N–H and O–H groups in total. The predicted molar refractivity (Wildman–Crippen MR) is 71.6 cm³/mol. The standard InChI is InChI=1S/C12H18F2O7S/c1-7(2)5-9(21-10(15)8(3)4)11(16)20-6-12(13,14)22(17,18)19/h7,9H,3,5-6H2,1-2,4H3,(H,17,18,19). The molecule has 0 aromatic rings. The van der Waals surface area contributed by atoms with E-state index in [1.54, 1.807) is 13.8 Å². The second-order valence-electron chi connectivity index (χ2n) is 5.02. The average molecular weight is 344 g/mol. The van der Waals surface area contributed by atoms with Gasteiger partial charge in [-0.15, -0.1) is 0 Å². The van der Waals surface area contributed by atoms with Gasteiger partial charge in [0.1, 0.15) is 0 Å². The Morgan fingerprint density at radius 3 is 2.18 bits per heavy atom. The molecule has 1 atom stereocenters. The second kappa shape index (κ2) is 7.63. The van der Waals surface area contributed by atoms with Crippen molar-refractivity contribution in [1.29, 1.82) is 0 Å². The van der Waals surface area contributed by atoms with Crippen molar-refractivity contribution < 1.29 is 40.8 Å². The summed E-state index contributed by atoms with van der Waals surface area (Å²) in [6, 6.07) is 0. The van der Waals surface area contributed by atoms with Gasteiger partial charge in [0, 0.05) is 5.57 Å². The zero-order valence-electron chi connectivity index (χ0n) is 12.3. The van der Waals surface area contributed by atoms with E-state index in [9.17, 15) is 26.8 Å². The van der Waals surface area contributed by atoms with E-state index in [0.717, 1.165) is 0 Å². The van der Waals surface area contributed by atoms with Gasteiger partial charge in [-0.1, -0.05) is 20.4 Å². The van der Waals surface area contributed by atoms with Crippen LogP contribution in [-0.4, -0.2) is 42.9 Å². The van der Waals surface area contributed by atoms with Gasteiger partial charge in [0.2, 0.25) is 0 Å². The van der Waals surface area contributed by atoms with Gasteiger partial charge in [0.15, 0.2) is 12.7 Å². The minimum Gasteiger partial charge on any atom is -0.455 e. The highest BCUT2D eigenvalue weighted by molar-refractivity contribution is 7.86. The maximum Gasteiger partial charge on any atom is 0.402 e. The van der Waals surface area contributed by atoms with Crippen molar-refractivity contribution in [3.05, 3.63) is 12.2 Å². The van der Waals surface area contributed by atoms with E-state index < -0.39 is 40.0 Å². The molecule has 0 aromatic carbocycles. The Morgan fingerprint density at radius 1 is 1.32 bits per heavy atom. The number of rotatable bonds is 8. The van der Waals surface area contributed by atoms with Crippen molar-refractivity contribution in [3.8, 4) is 0 Å². The zero-order valence-corrected chi connectivity index (χ0v) is 13.2. The number of carbonyl (C=O) groups excluding carboxylic acids is 2. The summed E-state index contributed by atoms with van der Waals surface area (Å²) in [5.41, 5.74) is -0.00942. The first kappa shape index (κ1) is 20.5. The van der Waals surface area contributed by atoms with Crippen molar-refractivity contribution in [3.63, 3.8) is 0 Å². The number of ether oxygens (including phenoxy) is 2. The molecule has 0 bridgehead atoms. The van der Waals surface area contributed by atoms with E-state index in [2.05, 4.69) is 11.3 Å². The van der Waals surface area contributed by atoms with Crippen LogP contribution in [0.1, 0.15) is 27.2 Å². The number of hydrogen-bond donors (Lipinski definition) is 1. The average Bonchev–Trinajstić information content (AvgIpc) is 2.32. The van der Waals surface area contributed by atoms with E-state index >= 15 is 0 Å². The van der Waals surface area contributed by atoms with Gasteiger partial charge in [0.05, 0.1) is 0 Å². The van der Waals surface area contributed by atoms with Crippen LogP contribution in [0, 0.1) is 5.92 Å². The van der Waals surface area contributed by atoms with Crippen molar-refractivity contribution in [2.24, 2.45) is 5.92 Å². The van der Waals surface area contributed by atoms with Crippen LogP contribution in [0.15, 0.2) is 12.2 Å². The van der Waals surface area contributed by atoms with Gasteiger partial charge in [-0.25, -0.2) is 9.59 Å². The lowest BCUT2D eigenvalue weighted by Crippen LogP contribution is -2.38. The Kier molecular flexibility index (Phi) is 7.10. The lowest BCUT2D eigenvalue weighted by atomic mass is 10.1. The summed E-state index contributed by atoms with van der Waals surface area (Å²) < 4.78 is 63.9. The highest BCUT2D eigenvalue weighted by atomic mass is 32.2. The topological polar surface area (TPSA) is 107 Å². The molecule has 0 aromatic heterocycles. The first-order valence-corrected chi connectivity index (χ1v) is 7.60. The molecule has 0 saturated carbocycles. The summed E-state index contributed by atoms with van der Waals surface area (Å²) in [5.74, 6) is -2.40. The van der Waals surface area contributed by atoms with Crippen molar-refractivity contribution >= 4 is 22.1 Å². The maximum atomic E-state index is 13.0. The van der Waals surface area contributed by atoms with Gasteiger partial charge in [-0.2, -0.15) is 17.2 Å². The van der Waals surface area contributed by atoms with Gasteiger partial charge >= 0.3 is 27.3 Å². The largest absolute Gasteiger partial charge is 0.455 e. The Morgan fingerprint density at radius 2 is 1.82 bits per heavy atom. The summed E-state index contributed by atoms with van der Waals surface area (Å²) >= 11 is 0. The van der Waals surface area contributed by atoms with Crippen molar-refractivity contribution in [2.75, 3.05) is 6.61 Å². The minimum absolute atomic E-state index is 0.00942. The van der Waals surface area contributed by atoms with E-state index in [-0.39, 0.29) is 17.9 Å². The van der Waals surface area contributed by atoms with Crippen LogP contribution < -0.4 is 0 Å². The lowest BCUT2D eigenvalue weighted by Gasteiger charge is -2.20. The minimum atomic E-state index is -5.72. The highest BCUT2D eigenvalue weighted by Gasteiger charge is 2.46. The van der Waals surface area contributed by atoms with Crippen LogP contribution in [-0.2, 0) is 29.2 Å². The third-order valence-corrected chi connectivity index (χ3v) is 3.18. The smallest absolute Gasteiger partial charge is 0.402 e. The SMILES string of the molecule is C=C(C)C(=O)OC(CC(C)C)C(=O)OCC(F)(F)S(=O)(=O)O. The fraction of sp³-hybridized carbons (Fsp3) is 0.667. The molecule has 128 valence electrons. The second-order valence-corrected chi connectivity index (χ2v) is 6.57.